The van der Waals surface area contributed by atoms with Crippen molar-refractivity contribution >= 4 is 29.6 Å². The molecule has 1 fully saturated rings. The summed E-state index contributed by atoms with van der Waals surface area (Å²) in [6, 6.07) is 36.1. The summed E-state index contributed by atoms with van der Waals surface area (Å²) in [5.74, 6) is 1.06. The number of rotatable bonds is 12. The molecule has 1 heterocycles. The Morgan fingerprint density at radius 1 is 0.750 bits per heavy atom. The first-order valence-electron chi connectivity index (χ1n) is 15.1. The lowest BCUT2D eigenvalue weighted by Crippen LogP contribution is -2.50. The van der Waals surface area contributed by atoms with Crippen molar-refractivity contribution in [2.75, 3.05) is 33.4 Å². The minimum atomic E-state index is -0.274. The van der Waals surface area contributed by atoms with Gasteiger partial charge in [-0.3, -0.25) is 0 Å². The van der Waals surface area contributed by atoms with E-state index >= 15 is 0 Å². The number of ether oxygens (including phenoxy) is 3. The molecule has 1 saturated heterocycles. The lowest BCUT2D eigenvalue weighted by atomic mass is 9.88. The Kier molecular flexibility index (Phi) is 11.7. The predicted molar refractivity (Wildman–Crippen MR) is 181 cm³/mol. The number of amides is 1. The Hall–Kier alpha value is -3.39. The summed E-state index contributed by atoms with van der Waals surface area (Å²) in [7, 11) is 1.47. The maximum absolute atomic E-state index is 12.8. The van der Waals surface area contributed by atoms with Crippen LogP contribution in [0.2, 0.25) is 0 Å². The van der Waals surface area contributed by atoms with E-state index in [9.17, 15) is 4.79 Å². The molecule has 0 radical (unpaired) electrons. The summed E-state index contributed by atoms with van der Waals surface area (Å²) in [5, 5.41) is 0.282. The fraction of sp³-hybridized carbons (Fsp3) is 0.324. The van der Waals surface area contributed by atoms with Gasteiger partial charge in [0.1, 0.15) is 5.75 Å². The standard InChI is InChI=1S/C37H41NO4S2/c1-27-10-18-32(19-11-27)43-34-24-38(37(39)40-3)25-35(44-33-20-12-28(2)13-21-33)36(34)30-14-16-31(17-15-30)42-23-7-22-41-26-29-8-5-4-6-9-29/h4-6,8-21,34-36H,7,22-26H2,1-3H3/t34-,35+,36-. The van der Waals surface area contributed by atoms with E-state index in [1.54, 1.807) is 0 Å². The minimum Gasteiger partial charge on any atom is -0.494 e. The molecule has 0 saturated carbocycles. The van der Waals surface area contributed by atoms with E-state index in [4.69, 9.17) is 14.2 Å². The Morgan fingerprint density at radius 3 is 1.86 bits per heavy atom. The van der Waals surface area contributed by atoms with E-state index in [0.29, 0.717) is 32.9 Å². The van der Waals surface area contributed by atoms with Gasteiger partial charge in [-0.05, 0) is 61.4 Å². The van der Waals surface area contributed by atoms with Gasteiger partial charge in [0.15, 0.2) is 0 Å². The average molecular weight is 628 g/mol. The van der Waals surface area contributed by atoms with Crippen molar-refractivity contribution in [2.24, 2.45) is 0 Å². The molecule has 0 spiro atoms. The number of benzene rings is 4. The first-order valence-corrected chi connectivity index (χ1v) is 16.9. The van der Waals surface area contributed by atoms with E-state index in [1.165, 1.54) is 39.2 Å². The van der Waals surface area contributed by atoms with Gasteiger partial charge in [0.25, 0.3) is 0 Å². The number of hydrogen-bond donors (Lipinski definition) is 0. The van der Waals surface area contributed by atoms with Crippen LogP contribution in [0.25, 0.3) is 0 Å². The molecular formula is C37H41NO4S2. The molecule has 0 aromatic heterocycles. The predicted octanol–water partition coefficient (Wildman–Crippen LogP) is 8.78. The number of hydrogen-bond acceptors (Lipinski definition) is 6. The van der Waals surface area contributed by atoms with Crippen molar-refractivity contribution in [1.82, 2.24) is 4.90 Å². The minimum absolute atomic E-state index is 0.141. The van der Waals surface area contributed by atoms with Crippen LogP contribution < -0.4 is 4.74 Å². The number of likely N-dealkylation sites (tertiary alicyclic amines) is 1. The van der Waals surface area contributed by atoms with Crippen molar-refractivity contribution in [3.05, 3.63) is 125 Å². The lowest BCUT2D eigenvalue weighted by molar-refractivity contribution is 0.107. The van der Waals surface area contributed by atoms with Crippen LogP contribution >= 0.6 is 23.5 Å². The van der Waals surface area contributed by atoms with E-state index in [2.05, 4.69) is 98.8 Å². The van der Waals surface area contributed by atoms with Crippen LogP contribution in [0.4, 0.5) is 4.79 Å². The summed E-state index contributed by atoms with van der Waals surface area (Å²) >= 11 is 3.68. The Morgan fingerprint density at radius 2 is 1.32 bits per heavy atom. The Labute approximate surface area is 270 Å². The Balaban J connectivity index is 1.30. The van der Waals surface area contributed by atoms with Gasteiger partial charge in [0.2, 0.25) is 0 Å². The number of aryl methyl sites for hydroxylation is 2. The van der Waals surface area contributed by atoms with Crippen molar-refractivity contribution < 1.29 is 19.0 Å². The van der Waals surface area contributed by atoms with Gasteiger partial charge < -0.3 is 19.1 Å². The molecule has 0 aliphatic carbocycles. The molecule has 5 rings (SSSR count). The summed E-state index contributed by atoms with van der Waals surface area (Å²) < 4.78 is 17.1. The largest absolute Gasteiger partial charge is 0.494 e. The molecular weight excluding hydrogens is 587 g/mol. The Bertz CT molecular complexity index is 1390. The highest BCUT2D eigenvalue weighted by Gasteiger charge is 2.41. The van der Waals surface area contributed by atoms with Gasteiger partial charge >= 0.3 is 6.09 Å². The lowest BCUT2D eigenvalue weighted by Gasteiger charge is -2.43. The van der Waals surface area contributed by atoms with Crippen LogP contribution in [0.1, 0.15) is 34.6 Å². The van der Waals surface area contributed by atoms with Crippen molar-refractivity contribution in [1.29, 1.82) is 0 Å². The number of thioether (sulfide) groups is 2. The highest BCUT2D eigenvalue weighted by Crippen LogP contribution is 2.45. The number of carbonyl (C=O) groups excluding carboxylic acids is 1. The molecule has 1 aliphatic heterocycles. The van der Waals surface area contributed by atoms with Gasteiger partial charge in [0, 0.05) is 45.7 Å². The van der Waals surface area contributed by atoms with E-state index in [-0.39, 0.29) is 22.5 Å². The second kappa shape index (κ2) is 16.1. The molecule has 230 valence electrons. The number of carbonyl (C=O) groups is 1. The van der Waals surface area contributed by atoms with E-state index in [1.807, 2.05) is 46.6 Å². The highest BCUT2D eigenvalue weighted by molar-refractivity contribution is 8.01. The van der Waals surface area contributed by atoms with E-state index in [0.717, 1.165) is 12.2 Å². The fourth-order valence-electron chi connectivity index (χ4n) is 5.39. The summed E-state index contributed by atoms with van der Waals surface area (Å²) in [5.41, 5.74) is 4.90. The van der Waals surface area contributed by atoms with Crippen molar-refractivity contribution in [3.8, 4) is 5.75 Å². The molecule has 5 nitrogen and oxygen atoms in total. The third-order valence-electron chi connectivity index (χ3n) is 7.73. The first-order chi connectivity index (χ1) is 21.5. The number of nitrogens with zero attached hydrogens (tertiary/aromatic N) is 1. The van der Waals surface area contributed by atoms with Gasteiger partial charge in [-0.2, -0.15) is 0 Å². The molecule has 44 heavy (non-hydrogen) atoms. The maximum atomic E-state index is 12.8. The third kappa shape index (κ3) is 9.07. The summed E-state index contributed by atoms with van der Waals surface area (Å²) in [6.07, 6.45) is 0.550. The first kappa shape index (κ1) is 32.0. The molecule has 1 aliphatic rings. The smallest absolute Gasteiger partial charge is 0.409 e. The molecule has 0 N–H and O–H groups in total. The van der Waals surface area contributed by atoms with E-state index < -0.39 is 0 Å². The molecule has 4 aromatic carbocycles. The average Bonchev–Trinajstić information content (AvgIpc) is 3.05. The normalized spacial score (nSPS) is 18.2. The van der Waals surface area contributed by atoms with Crippen molar-refractivity contribution in [3.63, 3.8) is 0 Å². The molecule has 4 aromatic rings. The number of methoxy groups -OCH3 is 1. The maximum Gasteiger partial charge on any atom is 0.409 e. The molecule has 3 atom stereocenters. The fourth-order valence-corrected chi connectivity index (χ4v) is 8.27. The quantitative estimate of drug-likeness (QED) is 0.146. The molecule has 0 bridgehead atoms. The van der Waals surface area contributed by atoms with Crippen LogP contribution in [0, 0.1) is 13.8 Å². The van der Waals surface area contributed by atoms with Crippen LogP contribution in [0.15, 0.2) is 113 Å². The SMILES string of the molecule is COC(=O)N1C[C@H](Sc2ccc(C)cc2)[C@H](c2ccc(OCCCOCc3ccccc3)cc2)[C@H](Sc2ccc(C)cc2)C1. The van der Waals surface area contributed by atoms with Gasteiger partial charge in [0.05, 0.1) is 26.9 Å². The van der Waals surface area contributed by atoms with Crippen LogP contribution in [-0.4, -0.2) is 54.9 Å². The summed E-state index contributed by atoms with van der Waals surface area (Å²) in [6.45, 7) is 7.31. The molecule has 7 heteroatoms. The highest BCUT2D eigenvalue weighted by atomic mass is 32.2. The monoisotopic (exact) mass is 627 g/mol. The zero-order valence-electron chi connectivity index (χ0n) is 25.7. The zero-order valence-corrected chi connectivity index (χ0v) is 27.3. The second-order valence-electron chi connectivity index (χ2n) is 11.1. The van der Waals surface area contributed by atoms with Crippen LogP contribution in [-0.2, 0) is 16.1 Å². The third-order valence-corrected chi connectivity index (χ3v) is 10.3. The van der Waals surface area contributed by atoms with Gasteiger partial charge in [-0.15, -0.1) is 23.5 Å². The second-order valence-corrected chi connectivity index (χ2v) is 13.8. The van der Waals surface area contributed by atoms with Gasteiger partial charge in [-0.25, -0.2) is 4.79 Å². The van der Waals surface area contributed by atoms with Gasteiger partial charge in [-0.1, -0.05) is 77.9 Å². The van der Waals surface area contributed by atoms with Crippen LogP contribution in [0.5, 0.6) is 5.75 Å². The molecule has 1 amide bonds. The molecule has 0 unspecified atom stereocenters. The zero-order chi connectivity index (χ0) is 30.7. The summed E-state index contributed by atoms with van der Waals surface area (Å²) in [4.78, 5) is 17.1. The number of piperidine rings is 1. The van der Waals surface area contributed by atoms with Crippen LogP contribution in [0.3, 0.4) is 0 Å². The van der Waals surface area contributed by atoms with Crippen molar-refractivity contribution in [2.45, 2.75) is 53.1 Å². The topological polar surface area (TPSA) is 48.0 Å².